The Bertz CT molecular complexity index is 1380. The first kappa shape index (κ1) is 20.9. The van der Waals surface area contributed by atoms with Crippen molar-refractivity contribution in [3.63, 3.8) is 0 Å². The van der Waals surface area contributed by atoms with Crippen molar-refractivity contribution in [1.82, 2.24) is 15.1 Å². The van der Waals surface area contributed by atoms with Crippen LogP contribution in [0.2, 0.25) is 5.02 Å². The highest BCUT2D eigenvalue weighted by atomic mass is 35.5. The van der Waals surface area contributed by atoms with Crippen LogP contribution in [-0.2, 0) is 6.54 Å². The summed E-state index contributed by atoms with van der Waals surface area (Å²) >= 11 is 6.39. The maximum Gasteiger partial charge on any atom is 0.273 e. The molecule has 5 rings (SSSR count). The number of hydrogen-bond donors (Lipinski definition) is 1. The Balaban J connectivity index is 1.68. The molecule has 0 fully saturated rings. The molecule has 33 heavy (non-hydrogen) atoms. The molecule has 0 spiro atoms. The summed E-state index contributed by atoms with van der Waals surface area (Å²) in [5.41, 5.74) is 5.10. The van der Waals surface area contributed by atoms with Crippen LogP contribution in [0.25, 0.3) is 11.3 Å². The van der Waals surface area contributed by atoms with Gasteiger partial charge in [-0.15, -0.1) is 0 Å². The topological polar surface area (TPSA) is 92.1 Å². The minimum absolute atomic E-state index is 0.0357. The number of carbonyl (C=O) groups excluding carboxylic acids is 1. The van der Waals surface area contributed by atoms with Crippen molar-refractivity contribution in [2.75, 3.05) is 0 Å². The zero-order valence-corrected chi connectivity index (χ0v) is 18.4. The van der Waals surface area contributed by atoms with Crippen LogP contribution in [0.3, 0.4) is 0 Å². The molecule has 1 atom stereocenters. The molecule has 3 aromatic carbocycles. The summed E-state index contributed by atoms with van der Waals surface area (Å²) in [5.74, 6) is -0.229. The molecule has 4 aromatic rings. The smallest absolute Gasteiger partial charge is 0.273 e. The molecular weight excluding hydrogens is 440 g/mol. The Labute approximate surface area is 194 Å². The van der Waals surface area contributed by atoms with Gasteiger partial charge >= 0.3 is 0 Å². The van der Waals surface area contributed by atoms with E-state index in [9.17, 15) is 14.9 Å². The number of nitro groups is 1. The first-order valence-electron chi connectivity index (χ1n) is 10.4. The van der Waals surface area contributed by atoms with E-state index in [4.69, 9.17) is 11.6 Å². The van der Waals surface area contributed by atoms with Crippen LogP contribution < -0.4 is 0 Å². The summed E-state index contributed by atoms with van der Waals surface area (Å²) in [6.07, 6.45) is 0. The van der Waals surface area contributed by atoms with Gasteiger partial charge in [-0.05, 0) is 24.1 Å². The number of rotatable bonds is 5. The Kier molecular flexibility index (Phi) is 5.18. The summed E-state index contributed by atoms with van der Waals surface area (Å²) in [7, 11) is 0. The Hall–Kier alpha value is -3.97. The number of fused-ring (bicyclic) bond motifs is 1. The lowest BCUT2D eigenvalue weighted by Gasteiger charge is -2.26. The molecule has 0 bridgehead atoms. The molecular formula is C25H19ClN4O3. The zero-order chi connectivity index (χ0) is 23.1. The van der Waals surface area contributed by atoms with Crippen LogP contribution in [0.15, 0.2) is 72.8 Å². The van der Waals surface area contributed by atoms with Gasteiger partial charge in [-0.2, -0.15) is 5.10 Å². The average Bonchev–Trinajstić information content (AvgIpc) is 3.35. The third kappa shape index (κ3) is 3.66. The predicted octanol–water partition coefficient (Wildman–Crippen LogP) is 5.69. The van der Waals surface area contributed by atoms with Crippen LogP contribution in [0.1, 0.15) is 38.8 Å². The van der Waals surface area contributed by atoms with Crippen molar-refractivity contribution < 1.29 is 9.72 Å². The van der Waals surface area contributed by atoms with Crippen LogP contribution in [0.5, 0.6) is 0 Å². The highest BCUT2D eigenvalue weighted by Crippen LogP contribution is 2.44. The second kappa shape index (κ2) is 8.18. The molecule has 1 aliphatic rings. The second-order valence-corrected chi connectivity index (χ2v) is 8.41. The number of hydrogen-bond acceptors (Lipinski definition) is 4. The number of amides is 1. The van der Waals surface area contributed by atoms with Gasteiger partial charge in [0.2, 0.25) is 0 Å². The summed E-state index contributed by atoms with van der Waals surface area (Å²) in [6.45, 7) is 2.25. The molecule has 8 heteroatoms. The molecule has 0 saturated heterocycles. The van der Waals surface area contributed by atoms with Crippen molar-refractivity contribution in [3.8, 4) is 11.3 Å². The van der Waals surface area contributed by atoms with Crippen molar-refractivity contribution in [2.45, 2.75) is 19.5 Å². The van der Waals surface area contributed by atoms with Gasteiger partial charge in [-0.3, -0.25) is 20.0 Å². The number of non-ortho nitro benzene ring substituents is 1. The van der Waals surface area contributed by atoms with E-state index in [1.807, 2.05) is 49.4 Å². The van der Waals surface area contributed by atoms with Crippen molar-refractivity contribution in [2.24, 2.45) is 0 Å². The lowest BCUT2D eigenvalue weighted by Crippen LogP contribution is -2.29. The molecule has 1 unspecified atom stereocenters. The maximum atomic E-state index is 13.5. The molecule has 164 valence electrons. The number of benzene rings is 3. The second-order valence-electron chi connectivity index (χ2n) is 8.01. The minimum atomic E-state index is -0.557. The van der Waals surface area contributed by atoms with Gasteiger partial charge in [0.05, 0.1) is 16.7 Å². The number of nitrogens with zero attached hydrogens (tertiary/aromatic N) is 3. The van der Waals surface area contributed by atoms with E-state index < -0.39 is 11.0 Å². The first-order chi connectivity index (χ1) is 15.9. The normalized spacial score (nSPS) is 15.0. The Morgan fingerprint density at radius 3 is 2.58 bits per heavy atom. The van der Waals surface area contributed by atoms with E-state index in [1.54, 1.807) is 23.1 Å². The van der Waals surface area contributed by atoms with Crippen molar-refractivity contribution >= 4 is 23.2 Å². The van der Waals surface area contributed by atoms with E-state index in [2.05, 4.69) is 10.2 Å². The summed E-state index contributed by atoms with van der Waals surface area (Å²) < 4.78 is 0. The van der Waals surface area contributed by atoms with Gasteiger partial charge in [0.15, 0.2) is 0 Å². The summed E-state index contributed by atoms with van der Waals surface area (Å²) in [5, 5.41) is 19.4. The van der Waals surface area contributed by atoms with Crippen LogP contribution in [-0.4, -0.2) is 25.9 Å². The molecule has 1 N–H and O–H groups in total. The Morgan fingerprint density at radius 1 is 1.09 bits per heavy atom. The van der Waals surface area contributed by atoms with Crippen LogP contribution >= 0.6 is 11.6 Å². The van der Waals surface area contributed by atoms with Gasteiger partial charge in [-0.25, -0.2) is 0 Å². The number of H-pyrrole nitrogens is 1. The summed E-state index contributed by atoms with van der Waals surface area (Å²) in [4.78, 5) is 26.2. The number of halogens is 1. The lowest BCUT2D eigenvalue weighted by atomic mass is 9.95. The minimum Gasteiger partial charge on any atom is -0.322 e. The van der Waals surface area contributed by atoms with Crippen molar-refractivity contribution in [3.05, 3.63) is 116 Å². The zero-order valence-electron chi connectivity index (χ0n) is 17.7. The largest absolute Gasteiger partial charge is 0.322 e. The fourth-order valence-corrected chi connectivity index (χ4v) is 4.45. The fraction of sp³-hybridized carbons (Fsp3) is 0.120. The lowest BCUT2D eigenvalue weighted by molar-refractivity contribution is -0.384. The quantitative estimate of drug-likeness (QED) is 0.307. The van der Waals surface area contributed by atoms with Crippen LogP contribution in [0.4, 0.5) is 5.69 Å². The predicted molar refractivity (Wildman–Crippen MR) is 125 cm³/mol. The third-order valence-corrected chi connectivity index (χ3v) is 6.25. The molecule has 7 nitrogen and oxygen atoms in total. The van der Waals surface area contributed by atoms with Gasteiger partial charge in [0, 0.05) is 34.8 Å². The first-order valence-corrected chi connectivity index (χ1v) is 10.8. The molecule has 1 aromatic heterocycles. The van der Waals surface area contributed by atoms with Gasteiger partial charge < -0.3 is 4.90 Å². The van der Waals surface area contributed by atoms with Crippen molar-refractivity contribution in [1.29, 1.82) is 0 Å². The SMILES string of the molecule is Cc1ccc(-c2n[nH]c3c2C(c2cccc([N+](=O)[O-])c2)N(Cc2ccccc2Cl)C3=O)cc1. The van der Waals surface area contributed by atoms with Gasteiger partial charge in [-0.1, -0.05) is 71.8 Å². The molecule has 1 aliphatic heterocycles. The molecule has 2 heterocycles. The molecule has 0 radical (unpaired) electrons. The third-order valence-electron chi connectivity index (χ3n) is 5.88. The standard InChI is InChI=1S/C25H19ClN4O3/c1-15-9-11-16(12-10-15)22-21-23(28-27-22)25(31)29(14-18-5-2-3-8-20(18)26)24(21)17-6-4-7-19(13-17)30(32)33/h2-13,24H,14H2,1H3,(H,27,28). The Morgan fingerprint density at radius 2 is 1.85 bits per heavy atom. The van der Waals surface area contributed by atoms with Crippen LogP contribution in [0, 0.1) is 17.0 Å². The number of aromatic amines is 1. The molecule has 0 saturated carbocycles. The highest BCUT2D eigenvalue weighted by Gasteiger charge is 2.42. The van der Waals surface area contributed by atoms with E-state index >= 15 is 0 Å². The number of aromatic nitrogens is 2. The fourth-order valence-electron chi connectivity index (χ4n) is 4.26. The summed E-state index contributed by atoms with van der Waals surface area (Å²) in [6, 6.07) is 21.0. The number of nitrogens with one attached hydrogen (secondary N) is 1. The molecule has 0 aliphatic carbocycles. The van der Waals surface area contributed by atoms with E-state index in [1.165, 1.54) is 12.1 Å². The highest BCUT2D eigenvalue weighted by molar-refractivity contribution is 6.31. The maximum absolute atomic E-state index is 13.5. The van der Waals surface area contributed by atoms with E-state index in [0.717, 1.165) is 16.7 Å². The number of aryl methyl sites for hydroxylation is 1. The van der Waals surface area contributed by atoms with E-state index in [-0.39, 0.29) is 18.1 Å². The molecule has 1 amide bonds. The number of nitro benzene ring substituents is 1. The average molecular weight is 459 g/mol. The van der Waals surface area contributed by atoms with Gasteiger partial charge in [0.1, 0.15) is 5.69 Å². The number of carbonyl (C=O) groups is 1. The monoisotopic (exact) mass is 458 g/mol. The van der Waals surface area contributed by atoms with Gasteiger partial charge in [0.25, 0.3) is 11.6 Å². The van der Waals surface area contributed by atoms with E-state index in [0.29, 0.717) is 27.5 Å².